The minimum Gasteiger partial charge on any atom is -0.370 e. The van der Waals surface area contributed by atoms with Gasteiger partial charge in [0.15, 0.2) is 0 Å². The van der Waals surface area contributed by atoms with E-state index in [1.807, 2.05) is 30.5 Å². The Hall–Kier alpha value is -1.88. The van der Waals surface area contributed by atoms with E-state index in [0.717, 1.165) is 29.2 Å². The van der Waals surface area contributed by atoms with Gasteiger partial charge in [-0.3, -0.25) is 4.79 Å². The van der Waals surface area contributed by atoms with E-state index in [2.05, 4.69) is 38.1 Å². The van der Waals surface area contributed by atoms with Gasteiger partial charge in [0.25, 0.3) is 5.91 Å². The normalized spacial score (nSPS) is 17.8. The molecular formula is C18H20BrN3O. The van der Waals surface area contributed by atoms with Crippen molar-refractivity contribution in [3.05, 3.63) is 52.6 Å². The van der Waals surface area contributed by atoms with Crippen LogP contribution in [0.4, 0.5) is 11.5 Å². The van der Waals surface area contributed by atoms with Crippen LogP contribution < -0.4 is 10.2 Å². The monoisotopic (exact) mass is 373 g/mol. The smallest absolute Gasteiger partial charge is 0.256 e. The highest BCUT2D eigenvalue weighted by molar-refractivity contribution is 9.10. The van der Waals surface area contributed by atoms with Gasteiger partial charge < -0.3 is 10.2 Å². The molecule has 23 heavy (non-hydrogen) atoms. The molecule has 0 spiro atoms. The summed E-state index contributed by atoms with van der Waals surface area (Å²) in [5.41, 5.74) is 1.73. The van der Waals surface area contributed by atoms with Gasteiger partial charge in [-0.2, -0.15) is 0 Å². The number of anilines is 2. The molecule has 1 saturated heterocycles. The molecule has 5 heteroatoms. The van der Waals surface area contributed by atoms with Crippen molar-refractivity contribution in [1.82, 2.24) is 4.98 Å². The van der Waals surface area contributed by atoms with Crippen LogP contribution in [-0.4, -0.2) is 24.0 Å². The number of carbonyl (C=O) groups excluding carboxylic acids is 1. The predicted molar refractivity (Wildman–Crippen MR) is 96.9 cm³/mol. The van der Waals surface area contributed by atoms with Crippen LogP contribution in [0.3, 0.4) is 0 Å². The maximum atomic E-state index is 12.2. The van der Waals surface area contributed by atoms with Crippen molar-refractivity contribution in [2.75, 3.05) is 23.3 Å². The van der Waals surface area contributed by atoms with Gasteiger partial charge in [-0.25, -0.2) is 4.98 Å². The molecule has 1 unspecified atom stereocenters. The van der Waals surface area contributed by atoms with Crippen LogP contribution in [0.15, 0.2) is 47.1 Å². The Labute approximate surface area is 145 Å². The van der Waals surface area contributed by atoms with Crippen LogP contribution in [0.2, 0.25) is 0 Å². The summed E-state index contributed by atoms with van der Waals surface area (Å²) in [5.74, 6) is 1.14. The second-order valence-electron chi connectivity index (χ2n) is 6.06. The van der Waals surface area contributed by atoms with Crippen LogP contribution in [0.1, 0.15) is 30.1 Å². The number of carbonyl (C=O) groups is 1. The molecule has 1 fully saturated rings. The van der Waals surface area contributed by atoms with Crippen molar-refractivity contribution in [3.63, 3.8) is 0 Å². The number of nitrogens with one attached hydrogen (secondary N) is 1. The summed E-state index contributed by atoms with van der Waals surface area (Å²) in [5, 5.41) is 2.83. The van der Waals surface area contributed by atoms with Crippen LogP contribution >= 0.6 is 15.9 Å². The van der Waals surface area contributed by atoms with E-state index in [9.17, 15) is 4.79 Å². The first-order valence-corrected chi connectivity index (χ1v) is 8.69. The fourth-order valence-corrected chi connectivity index (χ4v) is 3.29. The standard InChI is InChI=1S/C18H20BrN3O/c1-13-4-3-9-22(12-13)16-7-8-17(20-11-16)21-18(23)14-5-2-6-15(19)10-14/h2,5-8,10-11,13H,3-4,9,12H2,1H3,(H,20,21,23). The molecule has 1 N–H and O–H groups in total. The average molecular weight is 374 g/mol. The number of pyridine rings is 1. The number of hydrogen-bond acceptors (Lipinski definition) is 3. The van der Waals surface area contributed by atoms with E-state index in [4.69, 9.17) is 0 Å². The second-order valence-corrected chi connectivity index (χ2v) is 6.98. The summed E-state index contributed by atoms with van der Waals surface area (Å²) < 4.78 is 0.882. The molecule has 3 rings (SSSR count). The minimum atomic E-state index is -0.154. The lowest BCUT2D eigenvalue weighted by Crippen LogP contribution is -2.34. The zero-order valence-corrected chi connectivity index (χ0v) is 14.7. The van der Waals surface area contributed by atoms with Gasteiger partial charge in [0, 0.05) is 23.1 Å². The molecule has 120 valence electrons. The van der Waals surface area contributed by atoms with Crippen molar-refractivity contribution >= 4 is 33.3 Å². The highest BCUT2D eigenvalue weighted by Gasteiger charge is 2.17. The summed E-state index contributed by atoms with van der Waals surface area (Å²) in [6.07, 6.45) is 4.36. The number of piperidine rings is 1. The van der Waals surface area contributed by atoms with Gasteiger partial charge in [0.1, 0.15) is 5.82 Å². The molecule has 1 aromatic carbocycles. The summed E-state index contributed by atoms with van der Waals surface area (Å²) in [6.45, 7) is 4.44. The number of hydrogen-bond donors (Lipinski definition) is 1. The zero-order chi connectivity index (χ0) is 16.2. The van der Waals surface area contributed by atoms with E-state index in [0.29, 0.717) is 11.4 Å². The fourth-order valence-electron chi connectivity index (χ4n) is 2.89. The zero-order valence-electron chi connectivity index (χ0n) is 13.1. The second kappa shape index (κ2) is 7.13. The topological polar surface area (TPSA) is 45.2 Å². The third kappa shape index (κ3) is 4.10. The van der Waals surface area contributed by atoms with Gasteiger partial charge in [-0.15, -0.1) is 0 Å². The number of benzene rings is 1. The lowest BCUT2D eigenvalue weighted by molar-refractivity contribution is 0.102. The number of halogens is 1. The van der Waals surface area contributed by atoms with Crippen molar-refractivity contribution in [2.45, 2.75) is 19.8 Å². The first-order valence-electron chi connectivity index (χ1n) is 7.90. The quantitative estimate of drug-likeness (QED) is 0.870. The third-order valence-corrected chi connectivity index (χ3v) is 4.59. The third-order valence-electron chi connectivity index (χ3n) is 4.10. The van der Waals surface area contributed by atoms with Gasteiger partial charge in [-0.05, 0) is 49.1 Å². The molecule has 4 nitrogen and oxygen atoms in total. The van der Waals surface area contributed by atoms with Crippen LogP contribution in [-0.2, 0) is 0 Å². The van der Waals surface area contributed by atoms with Gasteiger partial charge in [0.05, 0.1) is 11.9 Å². The summed E-state index contributed by atoms with van der Waals surface area (Å²) in [7, 11) is 0. The fraction of sp³-hybridized carbons (Fsp3) is 0.333. The molecule has 0 aliphatic carbocycles. The Kier molecular flexibility index (Phi) is 4.96. The average Bonchev–Trinajstić information content (AvgIpc) is 2.55. The summed E-state index contributed by atoms with van der Waals surface area (Å²) >= 11 is 3.37. The Morgan fingerprint density at radius 3 is 2.91 bits per heavy atom. The van der Waals surface area contributed by atoms with Crippen LogP contribution in [0, 0.1) is 5.92 Å². The molecule has 0 bridgehead atoms. The van der Waals surface area contributed by atoms with Crippen molar-refractivity contribution in [3.8, 4) is 0 Å². The molecule has 0 saturated carbocycles. The molecule has 2 aromatic rings. The lowest BCUT2D eigenvalue weighted by Gasteiger charge is -2.32. The number of rotatable bonds is 3. The Balaban J connectivity index is 1.66. The number of nitrogens with zero attached hydrogens (tertiary/aromatic N) is 2. The molecular weight excluding hydrogens is 354 g/mol. The Bertz CT molecular complexity index is 687. The first kappa shape index (κ1) is 16.0. The van der Waals surface area contributed by atoms with E-state index in [1.54, 1.807) is 12.1 Å². The predicted octanol–water partition coefficient (Wildman–Crippen LogP) is 4.33. The number of aromatic nitrogens is 1. The Morgan fingerprint density at radius 2 is 2.22 bits per heavy atom. The van der Waals surface area contributed by atoms with Gasteiger partial charge in [0.2, 0.25) is 0 Å². The van der Waals surface area contributed by atoms with Crippen molar-refractivity contribution in [1.29, 1.82) is 0 Å². The van der Waals surface area contributed by atoms with Crippen LogP contribution in [0.5, 0.6) is 0 Å². The maximum absolute atomic E-state index is 12.2. The molecule has 1 atom stereocenters. The Morgan fingerprint density at radius 1 is 1.35 bits per heavy atom. The van der Waals surface area contributed by atoms with E-state index >= 15 is 0 Å². The van der Waals surface area contributed by atoms with E-state index in [1.165, 1.54) is 12.8 Å². The molecule has 1 amide bonds. The number of amides is 1. The molecule has 1 aliphatic heterocycles. The van der Waals surface area contributed by atoms with Gasteiger partial charge in [-0.1, -0.05) is 28.9 Å². The highest BCUT2D eigenvalue weighted by Crippen LogP contribution is 2.23. The highest BCUT2D eigenvalue weighted by atomic mass is 79.9. The molecule has 1 aromatic heterocycles. The summed E-state index contributed by atoms with van der Waals surface area (Å²) in [6, 6.07) is 11.2. The molecule has 2 heterocycles. The van der Waals surface area contributed by atoms with Crippen molar-refractivity contribution in [2.24, 2.45) is 5.92 Å². The van der Waals surface area contributed by atoms with Crippen LogP contribution in [0.25, 0.3) is 0 Å². The lowest BCUT2D eigenvalue weighted by atomic mass is 10.00. The first-order chi connectivity index (χ1) is 11.1. The van der Waals surface area contributed by atoms with Crippen molar-refractivity contribution < 1.29 is 4.79 Å². The maximum Gasteiger partial charge on any atom is 0.256 e. The minimum absolute atomic E-state index is 0.154. The van der Waals surface area contributed by atoms with E-state index < -0.39 is 0 Å². The SMILES string of the molecule is CC1CCCN(c2ccc(NC(=O)c3cccc(Br)c3)nc2)C1. The summed E-state index contributed by atoms with van der Waals surface area (Å²) in [4.78, 5) is 19.0. The van der Waals surface area contributed by atoms with Gasteiger partial charge >= 0.3 is 0 Å². The molecule has 0 radical (unpaired) electrons. The van der Waals surface area contributed by atoms with E-state index in [-0.39, 0.29) is 5.91 Å². The largest absolute Gasteiger partial charge is 0.370 e. The molecule has 1 aliphatic rings.